The SMILES string of the molecule is COc1ccc(/C=C/C(=O)Cc2cccc(N3CCN(C)CC3)c2)cc1OC(C)=O. The van der Waals surface area contributed by atoms with Crippen LogP contribution in [0.3, 0.4) is 0 Å². The van der Waals surface area contributed by atoms with E-state index in [2.05, 4.69) is 29.0 Å². The molecule has 0 saturated carbocycles. The molecule has 2 aromatic carbocycles. The first-order valence-electron chi connectivity index (χ1n) is 10.0. The molecular weight excluding hydrogens is 380 g/mol. The zero-order chi connectivity index (χ0) is 21.5. The summed E-state index contributed by atoms with van der Waals surface area (Å²) in [4.78, 5) is 28.4. The van der Waals surface area contributed by atoms with Gasteiger partial charge in [0.15, 0.2) is 17.3 Å². The van der Waals surface area contributed by atoms with E-state index in [1.807, 2.05) is 18.2 Å². The number of carbonyl (C=O) groups excluding carboxylic acids is 2. The van der Waals surface area contributed by atoms with Crippen LogP contribution in [0, 0.1) is 0 Å². The summed E-state index contributed by atoms with van der Waals surface area (Å²) < 4.78 is 10.4. The van der Waals surface area contributed by atoms with Crippen molar-refractivity contribution in [1.29, 1.82) is 0 Å². The van der Waals surface area contributed by atoms with Gasteiger partial charge in [-0.15, -0.1) is 0 Å². The van der Waals surface area contributed by atoms with Gasteiger partial charge in [0.25, 0.3) is 0 Å². The summed E-state index contributed by atoms with van der Waals surface area (Å²) in [7, 11) is 3.65. The molecule has 0 aromatic heterocycles. The normalized spacial score (nSPS) is 14.7. The summed E-state index contributed by atoms with van der Waals surface area (Å²) in [6.45, 7) is 5.42. The first-order valence-corrected chi connectivity index (χ1v) is 10.0. The molecule has 0 radical (unpaired) electrons. The first kappa shape index (κ1) is 21.6. The summed E-state index contributed by atoms with van der Waals surface area (Å²) in [5, 5.41) is 0. The Morgan fingerprint density at radius 2 is 1.80 bits per heavy atom. The van der Waals surface area contributed by atoms with E-state index in [9.17, 15) is 9.59 Å². The number of ketones is 1. The fraction of sp³-hybridized carbons (Fsp3) is 0.333. The van der Waals surface area contributed by atoms with Crippen molar-refractivity contribution in [2.45, 2.75) is 13.3 Å². The van der Waals surface area contributed by atoms with Crippen LogP contribution >= 0.6 is 0 Å². The smallest absolute Gasteiger partial charge is 0.308 e. The van der Waals surface area contributed by atoms with Gasteiger partial charge in [0, 0.05) is 45.2 Å². The van der Waals surface area contributed by atoms with Gasteiger partial charge in [-0.3, -0.25) is 9.59 Å². The van der Waals surface area contributed by atoms with Gasteiger partial charge in [0.1, 0.15) is 0 Å². The lowest BCUT2D eigenvalue weighted by Gasteiger charge is -2.34. The van der Waals surface area contributed by atoms with Gasteiger partial charge in [-0.1, -0.05) is 24.3 Å². The molecule has 6 nitrogen and oxygen atoms in total. The van der Waals surface area contributed by atoms with Crippen molar-refractivity contribution in [1.82, 2.24) is 4.90 Å². The second-order valence-corrected chi connectivity index (χ2v) is 7.44. The predicted molar refractivity (Wildman–Crippen MR) is 118 cm³/mol. The molecule has 0 bridgehead atoms. The first-order chi connectivity index (χ1) is 14.4. The number of rotatable bonds is 7. The molecular formula is C24H28N2O4. The topological polar surface area (TPSA) is 59.1 Å². The number of piperazine rings is 1. The van der Waals surface area contributed by atoms with Gasteiger partial charge < -0.3 is 19.3 Å². The molecule has 0 atom stereocenters. The minimum absolute atomic E-state index is 0.00961. The van der Waals surface area contributed by atoms with Crippen molar-refractivity contribution in [2.24, 2.45) is 0 Å². The Kier molecular flexibility index (Phi) is 7.25. The minimum Gasteiger partial charge on any atom is -0.493 e. The molecule has 0 unspecified atom stereocenters. The highest BCUT2D eigenvalue weighted by Gasteiger charge is 2.14. The summed E-state index contributed by atoms with van der Waals surface area (Å²) in [6.07, 6.45) is 3.62. The largest absolute Gasteiger partial charge is 0.493 e. The van der Waals surface area contributed by atoms with Crippen LogP contribution in [0.4, 0.5) is 5.69 Å². The van der Waals surface area contributed by atoms with E-state index in [0.717, 1.165) is 37.3 Å². The molecule has 6 heteroatoms. The highest BCUT2D eigenvalue weighted by atomic mass is 16.6. The fourth-order valence-corrected chi connectivity index (χ4v) is 3.41. The van der Waals surface area contributed by atoms with E-state index in [4.69, 9.17) is 9.47 Å². The highest BCUT2D eigenvalue weighted by Crippen LogP contribution is 2.28. The number of methoxy groups -OCH3 is 1. The number of nitrogens with zero attached hydrogens (tertiary/aromatic N) is 2. The van der Waals surface area contributed by atoms with Crippen LogP contribution in [0.1, 0.15) is 18.1 Å². The van der Waals surface area contributed by atoms with Crippen LogP contribution in [0.5, 0.6) is 11.5 Å². The molecule has 1 heterocycles. The van der Waals surface area contributed by atoms with E-state index in [1.165, 1.54) is 19.7 Å². The Hall–Kier alpha value is -3.12. The summed E-state index contributed by atoms with van der Waals surface area (Å²) >= 11 is 0. The van der Waals surface area contributed by atoms with Crippen molar-refractivity contribution in [2.75, 3.05) is 45.2 Å². The second kappa shape index (κ2) is 10.1. The Bertz CT molecular complexity index is 931. The lowest BCUT2D eigenvalue weighted by molar-refractivity contribution is -0.132. The highest BCUT2D eigenvalue weighted by molar-refractivity contribution is 5.95. The van der Waals surface area contributed by atoms with Gasteiger partial charge in [0.2, 0.25) is 0 Å². The van der Waals surface area contributed by atoms with Crippen LogP contribution in [0.2, 0.25) is 0 Å². The van der Waals surface area contributed by atoms with Crippen molar-refractivity contribution in [3.63, 3.8) is 0 Å². The lowest BCUT2D eigenvalue weighted by Crippen LogP contribution is -2.44. The minimum atomic E-state index is -0.425. The van der Waals surface area contributed by atoms with Gasteiger partial charge in [-0.2, -0.15) is 0 Å². The molecule has 0 spiro atoms. The van der Waals surface area contributed by atoms with Gasteiger partial charge >= 0.3 is 5.97 Å². The molecule has 1 saturated heterocycles. The van der Waals surface area contributed by atoms with Crippen LogP contribution in [-0.4, -0.2) is 57.0 Å². The van der Waals surface area contributed by atoms with Crippen LogP contribution < -0.4 is 14.4 Å². The molecule has 1 aliphatic heterocycles. The van der Waals surface area contributed by atoms with Crippen molar-refractivity contribution < 1.29 is 19.1 Å². The molecule has 158 valence electrons. The molecule has 1 aliphatic rings. The third-order valence-corrected chi connectivity index (χ3v) is 5.06. The van der Waals surface area contributed by atoms with Gasteiger partial charge in [0.05, 0.1) is 7.11 Å². The van der Waals surface area contributed by atoms with Crippen molar-refractivity contribution in [3.05, 3.63) is 59.7 Å². The van der Waals surface area contributed by atoms with Gasteiger partial charge in [-0.25, -0.2) is 0 Å². The quantitative estimate of drug-likeness (QED) is 0.398. The number of esters is 1. The molecule has 0 amide bonds. The molecule has 1 fully saturated rings. The Morgan fingerprint density at radius 3 is 2.50 bits per heavy atom. The average Bonchev–Trinajstić information content (AvgIpc) is 2.73. The van der Waals surface area contributed by atoms with Crippen LogP contribution in [0.25, 0.3) is 6.08 Å². The number of hydrogen-bond acceptors (Lipinski definition) is 6. The number of anilines is 1. The summed E-state index contributed by atoms with van der Waals surface area (Å²) in [5.41, 5.74) is 2.92. The number of carbonyl (C=O) groups is 2. The Morgan fingerprint density at radius 1 is 1.03 bits per heavy atom. The molecule has 30 heavy (non-hydrogen) atoms. The van der Waals surface area contributed by atoms with Crippen LogP contribution in [-0.2, 0) is 16.0 Å². The Balaban J connectivity index is 1.65. The van der Waals surface area contributed by atoms with E-state index in [1.54, 1.807) is 24.3 Å². The predicted octanol–water partition coefficient (Wildman–Crippen LogP) is 3.20. The molecule has 2 aromatic rings. The maximum absolute atomic E-state index is 12.5. The Labute approximate surface area is 177 Å². The summed E-state index contributed by atoms with van der Waals surface area (Å²) in [5.74, 6) is 0.384. The molecule has 0 N–H and O–H groups in total. The average molecular weight is 408 g/mol. The fourth-order valence-electron chi connectivity index (χ4n) is 3.41. The summed E-state index contributed by atoms with van der Waals surface area (Å²) in [6, 6.07) is 13.4. The van der Waals surface area contributed by atoms with Gasteiger partial charge in [-0.05, 0) is 48.5 Å². The van der Waals surface area contributed by atoms with E-state index in [0.29, 0.717) is 17.9 Å². The van der Waals surface area contributed by atoms with Crippen molar-refractivity contribution >= 4 is 23.5 Å². The lowest BCUT2D eigenvalue weighted by atomic mass is 10.1. The maximum Gasteiger partial charge on any atom is 0.308 e. The molecule has 0 aliphatic carbocycles. The van der Waals surface area contributed by atoms with E-state index >= 15 is 0 Å². The third kappa shape index (κ3) is 5.94. The second-order valence-electron chi connectivity index (χ2n) is 7.44. The van der Waals surface area contributed by atoms with Crippen molar-refractivity contribution in [3.8, 4) is 11.5 Å². The third-order valence-electron chi connectivity index (χ3n) is 5.06. The number of allylic oxidation sites excluding steroid dienone is 1. The number of hydrogen-bond donors (Lipinski definition) is 0. The number of likely N-dealkylation sites (N-methyl/N-ethyl adjacent to an activating group) is 1. The maximum atomic E-state index is 12.5. The molecule has 3 rings (SSSR count). The zero-order valence-corrected chi connectivity index (χ0v) is 17.8. The zero-order valence-electron chi connectivity index (χ0n) is 17.8. The number of benzene rings is 2. The standard InChI is InChI=1S/C24H28N2O4/c1-18(27)30-24-17-19(8-10-23(24)29-3)7-9-22(28)16-20-5-4-6-21(15-20)26-13-11-25(2)12-14-26/h4-10,15,17H,11-14,16H2,1-3H3/b9-7+. The monoisotopic (exact) mass is 408 g/mol. The number of ether oxygens (including phenoxy) is 2. The van der Waals surface area contributed by atoms with E-state index < -0.39 is 5.97 Å². The van der Waals surface area contributed by atoms with E-state index in [-0.39, 0.29) is 5.78 Å². The van der Waals surface area contributed by atoms with Crippen LogP contribution in [0.15, 0.2) is 48.5 Å².